The quantitative estimate of drug-likeness (QED) is 0.671. The third kappa shape index (κ3) is 2.04. The largest absolute Gasteiger partial charge is 0.306 e. The van der Waals surface area contributed by atoms with Crippen molar-refractivity contribution < 1.29 is 9.59 Å². The van der Waals surface area contributed by atoms with Gasteiger partial charge in [-0.2, -0.15) is 0 Å². The molecule has 0 atom stereocenters. The molecule has 3 aromatic rings. The summed E-state index contributed by atoms with van der Waals surface area (Å²) < 4.78 is 1.81. The number of hydrogen-bond acceptors (Lipinski definition) is 3. The van der Waals surface area contributed by atoms with Crippen molar-refractivity contribution in [2.45, 2.75) is 0 Å². The molecule has 0 saturated heterocycles. The summed E-state index contributed by atoms with van der Waals surface area (Å²) in [7, 11) is 0. The van der Waals surface area contributed by atoms with Crippen molar-refractivity contribution in [3.8, 4) is 11.3 Å². The molecule has 1 aromatic carbocycles. The van der Waals surface area contributed by atoms with Crippen LogP contribution in [0.15, 0.2) is 48.8 Å². The van der Waals surface area contributed by atoms with Crippen LogP contribution < -0.4 is 0 Å². The molecule has 4 nitrogen and oxygen atoms in total. The first-order valence-corrected chi connectivity index (χ1v) is 5.80. The number of aromatic nitrogens is 2. The maximum Gasteiger partial charge on any atom is 0.151 e. The van der Waals surface area contributed by atoms with Crippen LogP contribution in [0.5, 0.6) is 0 Å². The highest BCUT2D eigenvalue weighted by Gasteiger charge is 2.04. The number of carbonyl (C=O) groups is 2. The second-order valence-corrected chi connectivity index (χ2v) is 4.21. The molecule has 0 unspecified atom stereocenters. The number of rotatable bonds is 3. The van der Waals surface area contributed by atoms with Gasteiger partial charge in [0.25, 0.3) is 0 Å². The second-order valence-electron chi connectivity index (χ2n) is 4.21. The highest BCUT2D eigenvalue weighted by Crippen LogP contribution is 2.19. The Kier molecular flexibility index (Phi) is 2.68. The van der Waals surface area contributed by atoms with E-state index in [1.807, 2.05) is 22.7 Å². The normalized spacial score (nSPS) is 10.5. The Balaban J connectivity index is 2.08. The Hall–Kier alpha value is -2.75. The van der Waals surface area contributed by atoms with Crippen molar-refractivity contribution >= 4 is 18.2 Å². The molecule has 0 radical (unpaired) electrons. The molecule has 0 amide bonds. The van der Waals surface area contributed by atoms with Gasteiger partial charge in [-0.25, -0.2) is 4.98 Å². The third-order valence-electron chi connectivity index (χ3n) is 2.95. The predicted octanol–water partition coefficient (Wildman–Crippen LogP) is 2.63. The molecule has 4 heteroatoms. The average molecular weight is 250 g/mol. The van der Waals surface area contributed by atoms with Crippen molar-refractivity contribution in [1.29, 1.82) is 0 Å². The minimum absolute atomic E-state index is 0.604. The first-order chi connectivity index (χ1) is 9.30. The van der Waals surface area contributed by atoms with Crippen LogP contribution in [0.4, 0.5) is 0 Å². The average Bonchev–Trinajstić information content (AvgIpc) is 2.90. The summed E-state index contributed by atoms with van der Waals surface area (Å²) in [6.45, 7) is 0. The molecule has 2 aromatic heterocycles. The topological polar surface area (TPSA) is 51.4 Å². The standard InChI is InChI=1S/C15H10N2O2/c18-9-11-1-4-13(5-2-11)14-8-17-7-12(10-19)3-6-15(17)16-14/h1-10H. The van der Waals surface area contributed by atoms with Gasteiger partial charge in [0.05, 0.1) is 5.69 Å². The highest BCUT2D eigenvalue weighted by atomic mass is 16.1. The summed E-state index contributed by atoms with van der Waals surface area (Å²) in [4.78, 5) is 25.8. The molecule has 19 heavy (non-hydrogen) atoms. The zero-order valence-corrected chi connectivity index (χ0v) is 9.98. The number of nitrogens with zero attached hydrogens (tertiary/aromatic N) is 2. The molecule has 0 saturated carbocycles. The Bertz CT molecular complexity index is 757. The Labute approximate surface area is 109 Å². The van der Waals surface area contributed by atoms with Crippen LogP contribution in [0.25, 0.3) is 16.9 Å². The lowest BCUT2D eigenvalue weighted by atomic mass is 10.1. The van der Waals surface area contributed by atoms with Crippen LogP contribution in [-0.2, 0) is 0 Å². The molecular weight excluding hydrogens is 240 g/mol. The smallest absolute Gasteiger partial charge is 0.151 e. The third-order valence-corrected chi connectivity index (χ3v) is 2.95. The first kappa shape index (κ1) is 11.3. The van der Waals surface area contributed by atoms with E-state index in [2.05, 4.69) is 4.98 Å². The molecule has 0 aliphatic carbocycles. The SMILES string of the molecule is O=Cc1ccc(-c2cn3cc(C=O)ccc3n2)cc1. The van der Waals surface area contributed by atoms with Crippen LogP contribution in [0.1, 0.15) is 20.7 Å². The monoisotopic (exact) mass is 250 g/mol. The van der Waals surface area contributed by atoms with E-state index in [-0.39, 0.29) is 0 Å². The lowest BCUT2D eigenvalue weighted by molar-refractivity contribution is 0.111. The van der Waals surface area contributed by atoms with E-state index >= 15 is 0 Å². The Morgan fingerprint density at radius 1 is 0.842 bits per heavy atom. The van der Waals surface area contributed by atoms with Gasteiger partial charge in [0.2, 0.25) is 0 Å². The fourth-order valence-electron chi connectivity index (χ4n) is 1.95. The molecule has 0 aliphatic rings. The zero-order valence-electron chi connectivity index (χ0n) is 9.98. The van der Waals surface area contributed by atoms with Gasteiger partial charge in [-0.3, -0.25) is 9.59 Å². The summed E-state index contributed by atoms with van der Waals surface area (Å²) in [5.41, 5.74) is 3.76. The van der Waals surface area contributed by atoms with Crippen molar-refractivity contribution in [2.75, 3.05) is 0 Å². The number of pyridine rings is 1. The minimum atomic E-state index is 0.604. The number of carbonyl (C=O) groups excluding carboxylic acids is 2. The van der Waals surface area contributed by atoms with Crippen molar-refractivity contribution in [2.24, 2.45) is 0 Å². The van der Waals surface area contributed by atoms with E-state index < -0.39 is 0 Å². The van der Waals surface area contributed by atoms with Gasteiger partial charge in [-0.1, -0.05) is 24.3 Å². The number of benzene rings is 1. The van der Waals surface area contributed by atoms with E-state index in [1.54, 1.807) is 30.5 Å². The number of imidazole rings is 1. The summed E-state index contributed by atoms with van der Waals surface area (Å²) in [5, 5.41) is 0. The predicted molar refractivity (Wildman–Crippen MR) is 71.4 cm³/mol. The van der Waals surface area contributed by atoms with Gasteiger partial charge in [0.1, 0.15) is 11.9 Å². The van der Waals surface area contributed by atoms with Crippen molar-refractivity contribution in [3.05, 3.63) is 59.9 Å². The summed E-state index contributed by atoms with van der Waals surface area (Å²) in [5.74, 6) is 0. The number of aldehydes is 2. The fraction of sp³-hybridized carbons (Fsp3) is 0. The van der Waals surface area contributed by atoms with Crippen LogP contribution in [0, 0.1) is 0 Å². The molecule has 0 aliphatic heterocycles. The van der Waals surface area contributed by atoms with Crippen molar-refractivity contribution in [3.63, 3.8) is 0 Å². The first-order valence-electron chi connectivity index (χ1n) is 5.80. The Morgan fingerprint density at radius 2 is 1.53 bits per heavy atom. The molecule has 0 spiro atoms. The second kappa shape index (κ2) is 4.49. The lowest BCUT2D eigenvalue weighted by Crippen LogP contribution is -1.86. The molecule has 2 heterocycles. The molecule has 0 N–H and O–H groups in total. The van der Waals surface area contributed by atoms with Gasteiger partial charge in [-0.05, 0) is 12.1 Å². The van der Waals surface area contributed by atoms with E-state index in [4.69, 9.17) is 0 Å². The van der Waals surface area contributed by atoms with Crippen LogP contribution in [0.3, 0.4) is 0 Å². The molecular formula is C15H10N2O2. The zero-order chi connectivity index (χ0) is 13.2. The fourth-order valence-corrected chi connectivity index (χ4v) is 1.95. The van der Waals surface area contributed by atoms with Crippen molar-refractivity contribution in [1.82, 2.24) is 9.38 Å². The van der Waals surface area contributed by atoms with Crippen LogP contribution in [0.2, 0.25) is 0 Å². The minimum Gasteiger partial charge on any atom is -0.306 e. The molecule has 0 fully saturated rings. The van der Waals surface area contributed by atoms with Gasteiger partial charge >= 0.3 is 0 Å². The molecule has 92 valence electrons. The van der Waals surface area contributed by atoms with Crippen LogP contribution >= 0.6 is 0 Å². The highest BCUT2D eigenvalue weighted by molar-refractivity contribution is 5.77. The lowest BCUT2D eigenvalue weighted by Gasteiger charge is -1.95. The van der Waals surface area contributed by atoms with Gasteiger partial charge in [0.15, 0.2) is 6.29 Å². The van der Waals surface area contributed by atoms with Gasteiger partial charge in [-0.15, -0.1) is 0 Å². The maximum atomic E-state index is 10.7. The molecule has 3 rings (SSSR count). The molecule has 0 bridgehead atoms. The van der Waals surface area contributed by atoms with E-state index in [9.17, 15) is 9.59 Å². The van der Waals surface area contributed by atoms with E-state index in [0.717, 1.165) is 29.5 Å². The number of hydrogen-bond donors (Lipinski definition) is 0. The Morgan fingerprint density at radius 3 is 2.21 bits per heavy atom. The summed E-state index contributed by atoms with van der Waals surface area (Å²) in [6, 6.07) is 10.7. The van der Waals surface area contributed by atoms with Gasteiger partial charge < -0.3 is 4.40 Å². The summed E-state index contributed by atoms with van der Waals surface area (Å²) in [6.07, 6.45) is 5.21. The van der Waals surface area contributed by atoms with Gasteiger partial charge in [0, 0.05) is 29.1 Å². The van der Waals surface area contributed by atoms with E-state index in [1.165, 1.54) is 0 Å². The number of fused-ring (bicyclic) bond motifs is 1. The summed E-state index contributed by atoms with van der Waals surface area (Å²) >= 11 is 0. The van der Waals surface area contributed by atoms with Crippen LogP contribution in [-0.4, -0.2) is 22.0 Å². The maximum absolute atomic E-state index is 10.7. The van der Waals surface area contributed by atoms with E-state index in [0.29, 0.717) is 11.1 Å².